The lowest BCUT2D eigenvalue weighted by molar-refractivity contribution is 0.0684. The van der Waals surface area contributed by atoms with Crippen LogP contribution in [0.5, 0.6) is 5.75 Å². The van der Waals surface area contributed by atoms with Crippen LogP contribution in [0, 0.1) is 0 Å². The summed E-state index contributed by atoms with van der Waals surface area (Å²) in [5, 5.41) is 2.41. The molecule has 0 fully saturated rings. The molecule has 2 rings (SSSR count). The molecule has 0 saturated carbocycles. The summed E-state index contributed by atoms with van der Waals surface area (Å²) in [7, 11) is 1.69. The van der Waals surface area contributed by atoms with E-state index in [1.165, 1.54) is 16.3 Å². The van der Waals surface area contributed by atoms with Crippen LogP contribution in [-0.2, 0) is 11.2 Å². The quantitative estimate of drug-likeness (QED) is 0.879. The Bertz CT molecular complexity index is 566. The number of rotatable bonds is 6. The van der Waals surface area contributed by atoms with E-state index in [1.807, 2.05) is 19.9 Å². The molecule has 1 unspecified atom stereocenters. The van der Waals surface area contributed by atoms with E-state index in [9.17, 15) is 0 Å². The third-order valence-corrected chi connectivity index (χ3v) is 3.31. The van der Waals surface area contributed by atoms with Crippen molar-refractivity contribution in [3.63, 3.8) is 0 Å². The number of methoxy groups -OCH3 is 1. The lowest BCUT2D eigenvalue weighted by Gasteiger charge is -2.16. The first-order valence-corrected chi connectivity index (χ1v) is 7.03. The van der Waals surface area contributed by atoms with Gasteiger partial charge in [0, 0.05) is 6.04 Å². The van der Waals surface area contributed by atoms with Crippen LogP contribution in [-0.4, -0.2) is 25.9 Å². The minimum atomic E-state index is 0.00852. The molecule has 2 N–H and O–H groups in total. The highest BCUT2D eigenvalue weighted by Gasteiger charge is 2.09. The molecule has 1 atom stereocenters. The summed E-state index contributed by atoms with van der Waals surface area (Å²) in [6, 6.07) is 12.4. The van der Waals surface area contributed by atoms with Crippen molar-refractivity contribution in [3.05, 3.63) is 42.0 Å². The van der Waals surface area contributed by atoms with Crippen LogP contribution in [0.15, 0.2) is 36.4 Å². The summed E-state index contributed by atoms with van der Waals surface area (Å²) in [5.41, 5.74) is 7.40. The first kappa shape index (κ1) is 14.8. The number of hydrogen-bond donors (Lipinski definition) is 1. The molecule has 0 bridgehead atoms. The second kappa shape index (κ2) is 6.73. The van der Waals surface area contributed by atoms with Gasteiger partial charge in [-0.05, 0) is 48.7 Å². The van der Waals surface area contributed by atoms with Gasteiger partial charge in [0.05, 0.1) is 19.8 Å². The van der Waals surface area contributed by atoms with Crippen molar-refractivity contribution in [3.8, 4) is 5.75 Å². The largest absolute Gasteiger partial charge is 0.497 e. The Morgan fingerprint density at radius 3 is 2.65 bits per heavy atom. The molecule has 0 heterocycles. The first-order valence-electron chi connectivity index (χ1n) is 7.03. The summed E-state index contributed by atoms with van der Waals surface area (Å²) >= 11 is 0. The third-order valence-electron chi connectivity index (χ3n) is 3.31. The van der Waals surface area contributed by atoms with Gasteiger partial charge in [0.2, 0.25) is 0 Å². The maximum atomic E-state index is 6.16. The molecule has 0 aromatic heterocycles. The van der Waals surface area contributed by atoms with E-state index in [4.69, 9.17) is 15.2 Å². The molecule has 3 heteroatoms. The van der Waals surface area contributed by atoms with Gasteiger partial charge >= 0.3 is 0 Å². The Morgan fingerprint density at radius 1 is 1.15 bits per heavy atom. The van der Waals surface area contributed by atoms with Crippen LogP contribution in [0.2, 0.25) is 0 Å². The van der Waals surface area contributed by atoms with E-state index in [1.54, 1.807) is 7.11 Å². The number of benzene rings is 2. The van der Waals surface area contributed by atoms with Gasteiger partial charge in [-0.3, -0.25) is 0 Å². The van der Waals surface area contributed by atoms with Gasteiger partial charge in [-0.2, -0.15) is 0 Å². The zero-order valence-corrected chi connectivity index (χ0v) is 12.4. The van der Waals surface area contributed by atoms with Crippen molar-refractivity contribution in [2.24, 2.45) is 5.73 Å². The highest BCUT2D eigenvalue weighted by atomic mass is 16.5. The Hall–Kier alpha value is -1.58. The van der Waals surface area contributed by atoms with Gasteiger partial charge < -0.3 is 15.2 Å². The standard InChI is InChI=1S/C17H23NO2/c1-12(2)20-11-15(18)9-14-6-4-5-13-7-8-16(19-3)10-17(13)14/h4-8,10,12,15H,9,11,18H2,1-3H3. The molecule has 0 spiro atoms. The smallest absolute Gasteiger partial charge is 0.119 e. The minimum Gasteiger partial charge on any atom is -0.497 e. The molecule has 0 aliphatic carbocycles. The monoisotopic (exact) mass is 273 g/mol. The topological polar surface area (TPSA) is 44.5 Å². The molecule has 0 saturated heterocycles. The predicted molar refractivity (Wildman–Crippen MR) is 83.3 cm³/mol. The maximum Gasteiger partial charge on any atom is 0.119 e. The normalized spacial score (nSPS) is 12.8. The fourth-order valence-electron chi connectivity index (χ4n) is 2.28. The third kappa shape index (κ3) is 3.71. The Morgan fingerprint density at radius 2 is 1.95 bits per heavy atom. The average molecular weight is 273 g/mol. The van der Waals surface area contributed by atoms with Crippen LogP contribution in [0.25, 0.3) is 10.8 Å². The molecule has 2 aromatic carbocycles. The minimum absolute atomic E-state index is 0.00852. The molecule has 0 aliphatic rings. The number of nitrogens with two attached hydrogens (primary N) is 1. The van der Waals surface area contributed by atoms with Crippen molar-refractivity contribution >= 4 is 10.8 Å². The molecule has 0 radical (unpaired) electrons. The summed E-state index contributed by atoms with van der Waals surface area (Å²) in [4.78, 5) is 0. The summed E-state index contributed by atoms with van der Waals surface area (Å²) in [5.74, 6) is 0.872. The van der Waals surface area contributed by atoms with Crippen LogP contribution < -0.4 is 10.5 Å². The van der Waals surface area contributed by atoms with Crippen LogP contribution in [0.1, 0.15) is 19.4 Å². The lowest BCUT2D eigenvalue weighted by atomic mass is 9.99. The maximum absolute atomic E-state index is 6.16. The lowest BCUT2D eigenvalue weighted by Crippen LogP contribution is -2.30. The van der Waals surface area contributed by atoms with E-state index in [0.717, 1.165) is 12.2 Å². The van der Waals surface area contributed by atoms with Crippen LogP contribution in [0.3, 0.4) is 0 Å². The molecule has 2 aromatic rings. The molecular formula is C17H23NO2. The molecule has 0 amide bonds. The molecule has 20 heavy (non-hydrogen) atoms. The van der Waals surface area contributed by atoms with Gasteiger partial charge in [0.25, 0.3) is 0 Å². The van der Waals surface area contributed by atoms with Gasteiger partial charge in [-0.1, -0.05) is 24.3 Å². The van der Waals surface area contributed by atoms with E-state index in [2.05, 4.69) is 30.3 Å². The van der Waals surface area contributed by atoms with Crippen LogP contribution in [0.4, 0.5) is 0 Å². The number of hydrogen-bond acceptors (Lipinski definition) is 3. The van der Waals surface area contributed by atoms with E-state index in [-0.39, 0.29) is 12.1 Å². The van der Waals surface area contributed by atoms with E-state index < -0.39 is 0 Å². The average Bonchev–Trinajstić information content (AvgIpc) is 2.45. The zero-order chi connectivity index (χ0) is 14.5. The van der Waals surface area contributed by atoms with Gasteiger partial charge in [-0.15, -0.1) is 0 Å². The first-order chi connectivity index (χ1) is 9.60. The van der Waals surface area contributed by atoms with Gasteiger partial charge in [-0.25, -0.2) is 0 Å². The van der Waals surface area contributed by atoms with E-state index >= 15 is 0 Å². The molecular weight excluding hydrogens is 250 g/mol. The fraction of sp³-hybridized carbons (Fsp3) is 0.412. The predicted octanol–water partition coefficient (Wildman–Crippen LogP) is 3.14. The number of ether oxygens (including phenoxy) is 2. The summed E-state index contributed by atoms with van der Waals surface area (Å²) in [6.07, 6.45) is 1.02. The van der Waals surface area contributed by atoms with Crippen molar-refractivity contribution in [2.45, 2.75) is 32.4 Å². The van der Waals surface area contributed by atoms with Crippen LogP contribution >= 0.6 is 0 Å². The molecule has 0 aliphatic heterocycles. The summed E-state index contributed by atoms with van der Waals surface area (Å²) < 4.78 is 10.9. The van der Waals surface area contributed by atoms with Crippen molar-refractivity contribution in [1.29, 1.82) is 0 Å². The Labute approximate surface area is 120 Å². The highest BCUT2D eigenvalue weighted by molar-refractivity contribution is 5.87. The van der Waals surface area contributed by atoms with Gasteiger partial charge in [0.15, 0.2) is 0 Å². The second-order valence-electron chi connectivity index (χ2n) is 5.35. The summed E-state index contributed by atoms with van der Waals surface area (Å²) in [6.45, 7) is 4.63. The van der Waals surface area contributed by atoms with E-state index in [0.29, 0.717) is 6.61 Å². The Kier molecular flexibility index (Phi) is 4.99. The highest BCUT2D eigenvalue weighted by Crippen LogP contribution is 2.24. The number of fused-ring (bicyclic) bond motifs is 1. The SMILES string of the molecule is COc1ccc2cccc(CC(N)COC(C)C)c2c1. The van der Waals surface area contributed by atoms with Crippen molar-refractivity contribution in [1.82, 2.24) is 0 Å². The Balaban J connectivity index is 2.20. The van der Waals surface area contributed by atoms with Gasteiger partial charge in [0.1, 0.15) is 5.75 Å². The fourth-order valence-corrected chi connectivity index (χ4v) is 2.28. The second-order valence-corrected chi connectivity index (χ2v) is 5.35. The molecule has 108 valence electrons. The zero-order valence-electron chi connectivity index (χ0n) is 12.4. The molecule has 3 nitrogen and oxygen atoms in total. The van der Waals surface area contributed by atoms with Crippen molar-refractivity contribution < 1.29 is 9.47 Å². The van der Waals surface area contributed by atoms with Crippen molar-refractivity contribution in [2.75, 3.05) is 13.7 Å².